The van der Waals surface area contributed by atoms with Gasteiger partial charge < -0.3 is 0 Å². The Bertz CT molecular complexity index is 362. The van der Waals surface area contributed by atoms with Crippen LogP contribution < -0.4 is 0 Å². The first-order valence-corrected chi connectivity index (χ1v) is 9.03. The molecule has 0 aromatic carbocycles. The third kappa shape index (κ3) is 10.1. The monoisotopic (exact) mass is 292 g/mol. The summed E-state index contributed by atoms with van der Waals surface area (Å²) in [5.41, 5.74) is 4.63. The minimum atomic E-state index is 0.254. The van der Waals surface area contributed by atoms with Crippen molar-refractivity contribution in [1.82, 2.24) is 0 Å². The molecule has 20 heavy (non-hydrogen) atoms. The van der Waals surface area contributed by atoms with E-state index in [0.717, 1.165) is 5.75 Å². The molecule has 0 fully saturated rings. The van der Waals surface area contributed by atoms with Crippen LogP contribution in [0.15, 0.2) is 29.5 Å². The van der Waals surface area contributed by atoms with Gasteiger partial charge in [-0.25, -0.2) is 0 Å². The van der Waals surface area contributed by atoms with Crippen molar-refractivity contribution < 1.29 is 4.79 Å². The van der Waals surface area contributed by atoms with Crippen molar-refractivity contribution in [2.75, 3.05) is 5.75 Å². The highest BCUT2D eigenvalue weighted by Crippen LogP contribution is 2.15. The molecule has 0 aliphatic heterocycles. The molecular formula is C18H28OS. The van der Waals surface area contributed by atoms with Gasteiger partial charge in [-0.15, -0.1) is 5.73 Å². The maximum absolute atomic E-state index is 10.7. The fourth-order valence-corrected chi connectivity index (χ4v) is 3.03. The van der Waals surface area contributed by atoms with Crippen LogP contribution in [0.4, 0.5) is 0 Å². The maximum atomic E-state index is 10.7. The van der Waals surface area contributed by atoms with E-state index in [2.05, 4.69) is 17.9 Å². The molecule has 0 amide bonds. The lowest BCUT2D eigenvalue weighted by Gasteiger charge is -2.02. The summed E-state index contributed by atoms with van der Waals surface area (Å²) >= 11 is 1.47. The Labute approximate surface area is 128 Å². The Kier molecular flexibility index (Phi) is 10.4. The van der Waals surface area contributed by atoms with E-state index in [0.29, 0.717) is 0 Å². The molecule has 1 aliphatic carbocycles. The molecule has 0 N–H and O–H groups in total. The van der Waals surface area contributed by atoms with Crippen LogP contribution in [0.2, 0.25) is 0 Å². The van der Waals surface area contributed by atoms with Crippen LogP contribution in [-0.4, -0.2) is 10.9 Å². The molecule has 0 bridgehead atoms. The summed E-state index contributed by atoms with van der Waals surface area (Å²) in [6.07, 6.45) is 19.4. The van der Waals surface area contributed by atoms with E-state index < -0.39 is 0 Å². The third-order valence-electron chi connectivity index (χ3n) is 3.56. The Balaban J connectivity index is 1.73. The second-order valence-corrected chi connectivity index (χ2v) is 6.74. The van der Waals surface area contributed by atoms with Crippen LogP contribution in [0.1, 0.15) is 71.1 Å². The molecule has 0 heterocycles. The van der Waals surface area contributed by atoms with Gasteiger partial charge in [0.25, 0.3) is 0 Å². The molecule has 0 saturated heterocycles. The van der Waals surface area contributed by atoms with E-state index in [4.69, 9.17) is 0 Å². The highest BCUT2D eigenvalue weighted by Gasteiger charge is 1.97. The lowest BCUT2D eigenvalue weighted by molar-refractivity contribution is -0.109. The number of allylic oxidation sites excluding steroid dienone is 3. The van der Waals surface area contributed by atoms with Gasteiger partial charge in [-0.2, -0.15) is 0 Å². The van der Waals surface area contributed by atoms with Crippen molar-refractivity contribution in [2.45, 2.75) is 71.1 Å². The van der Waals surface area contributed by atoms with Crippen LogP contribution in [0, 0.1) is 0 Å². The molecule has 0 aromatic rings. The number of hydrogen-bond donors (Lipinski definition) is 0. The van der Waals surface area contributed by atoms with Gasteiger partial charge in [-0.05, 0) is 30.9 Å². The predicted molar refractivity (Wildman–Crippen MR) is 90.0 cm³/mol. The summed E-state index contributed by atoms with van der Waals surface area (Å²) in [6, 6.07) is 0. The second-order valence-electron chi connectivity index (χ2n) is 5.47. The van der Waals surface area contributed by atoms with Crippen molar-refractivity contribution >= 4 is 16.9 Å². The standard InChI is InChI=1S/C18H28OS/c1-17(19)20-16-12-8-6-4-2-3-5-7-9-13-18-14-10-11-15-18/h10-11,14H,2-9,12-13,16H2,1H3. The van der Waals surface area contributed by atoms with Crippen molar-refractivity contribution in [3.63, 3.8) is 0 Å². The molecule has 112 valence electrons. The van der Waals surface area contributed by atoms with Crippen molar-refractivity contribution in [3.8, 4) is 0 Å². The molecule has 2 heteroatoms. The number of unbranched alkanes of at least 4 members (excludes halogenated alkanes) is 8. The number of hydrogen-bond acceptors (Lipinski definition) is 2. The largest absolute Gasteiger partial charge is 0.288 e. The van der Waals surface area contributed by atoms with Gasteiger partial charge in [0.2, 0.25) is 0 Å². The van der Waals surface area contributed by atoms with Crippen molar-refractivity contribution in [1.29, 1.82) is 0 Å². The molecule has 1 aliphatic rings. The maximum Gasteiger partial charge on any atom is 0.185 e. The smallest absolute Gasteiger partial charge is 0.185 e. The van der Waals surface area contributed by atoms with Crippen LogP contribution >= 0.6 is 11.8 Å². The van der Waals surface area contributed by atoms with E-state index in [1.807, 2.05) is 6.08 Å². The molecule has 0 spiro atoms. The quantitative estimate of drug-likeness (QED) is 0.333. The Hall–Kier alpha value is -0.720. The Morgan fingerprint density at radius 3 is 2.15 bits per heavy atom. The molecule has 1 rings (SSSR count). The first kappa shape index (κ1) is 17.3. The van der Waals surface area contributed by atoms with Gasteiger partial charge >= 0.3 is 0 Å². The van der Waals surface area contributed by atoms with Gasteiger partial charge in [0, 0.05) is 12.7 Å². The minimum absolute atomic E-state index is 0.254. The summed E-state index contributed by atoms with van der Waals surface area (Å²) in [6.45, 7) is 1.65. The molecule has 0 saturated carbocycles. The van der Waals surface area contributed by atoms with Gasteiger partial charge in [0.05, 0.1) is 0 Å². The van der Waals surface area contributed by atoms with Crippen LogP contribution in [0.3, 0.4) is 0 Å². The fourth-order valence-electron chi connectivity index (χ4n) is 2.39. The zero-order chi connectivity index (χ0) is 14.5. The summed E-state index contributed by atoms with van der Waals surface area (Å²) < 4.78 is 0. The Morgan fingerprint density at radius 2 is 1.60 bits per heavy atom. The molecular weight excluding hydrogens is 264 g/mol. The fraction of sp³-hybridized carbons (Fsp3) is 0.667. The number of rotatable bonds is 12. The first-order valence-electron chi connectivity index (χ1n) is 8.04. The summed E-state index contributed by atoms with van der Waals surface area (Å²) in [7, 11) is 0. The summed E-state index contributed by atoms with van der Waals surface area (Å²) in [5, 5.41) is 0.254. The van der Waals surface area contributed by atoms with Crippen LogP contribution in [0.25, 0.3) is 0 Å². The van der Waals surface area contributed by atoms with Gasteiger partial charge in [-0.1, -0.05) is 68.9 Å². The second kappa shape index (κ2) is 12.1. The average molecular weight is 292 g/mol. The van der Waals surface area contributed by atoms with E-state index in [1.165, 1.54) is 81.5 Å². The molecule has 0 atom stereocenters. The van der Waals surface area contributed by atoms with Crippen molar-refractivity contribution in [3.05, 3.63) is 29.5 Å². The minimum Gasteiger partial charge on any atom is -0.288 e. The molecule has 1 nitrogen and oxygen atoms in total. The van der Waals surface area contributed by atoms with Crippen LogP contribution in [-0.2, 0) is 4.79 Å². The normalized spacial score (nSPS) is 12.9. The lowest BCUT2D eigenvalue weighted by Crippen LogP contribution is -1.87. The van der Waals surface area contributed by atoms with E-state index in [1.54, 1.807) is 6.92 Å². The number of carbonyl (C=O) groups excluding carboxylic acids is 1. The molecule has 0 radical (unpaired) electrons. The van der Waals surface area contributed by atoms with Gasteiger partial charge in [0.15, 0.2) is 5.12 Å². The van der Waals surface area contributed by atoms with Crippen LogP contribution in [0.5, 0.6) is 0 Å². The van der Waals surface area contributed by atoms with E-state index >= 15 is 0 Å². The van der Waals surface area contributed by atoms with Gasteiger partial charge in [-0.3, -0.25) is 4.79 Å². The van der Waals surface area contributed by atoms with Gasteiger partial charge in [0.1, 0.15) is 0 Å². The summed E-state index contributed by atoms with van der Waals surface area (Å²) in [5.74, 6) is 1.01. The Morgan fingerprint density at radius 1 is 1.00 bits per heavy atom. The number of thioether (sulfide) groups is 1. The predicted octanol–water partition coefficient (Wildman–Crippen LogP) is 5.82. The number of carbonyl (C=O) groups is 1. The van der Waals surface area contributed by atoms with E-state index in [-0.39, 0.29) is 5.12 Å². The first-order chi connectivity index (χ1) is 9.79. The van der Waals surface area contributed by atoms with E-state index in [9.17, 15) is 4.79 Å². The SMILES string of the molecule is CC(=O)SCCCCCCCCCCCC1=C=CC=C1. The highest BCUT2D eigenvalue weighted by molar-refractivity contribution is 8.13. The zero-order valence-electron chi connectivity index (χ0n) is 12.8. The lowest BCUT2D eigenvalue weighted by atomic mass is 10.0. The molecule has 0 unspecified atom stereocenters. The zero-order valence-corrected chi connectivity index (χ0v) is 13.6. The molecule has 0 aromatic heterocycles. The van der Waals surface area contributed by atoms with Crippen molar-refractivity contribution in [2.24, 2.45) is 0 Å². The third-order valence-corrected chi connectivity index (χ3v) is 4.46. The average Bonchev–Trinajstić information content (AvgIpc) is 2.93. The topological polar surface area (TPSA) is 17.1 Å². The highest BCUT2D eigenvalue weighted by atomic mass is 32.2. The summed E-state index contributed by atoms with van der Waals surface area (Å²) in [4.78, 5) is 10.7.